The van der Waals surface area contributed by atoms with Gasteiger partial charge < -0.3 is 9.84 Å². The number of ether oxygens (including phenoxy) is 1. The number of benzene rings is 4. The minimum absolute atomic E-state index is 0.0756. The highest BCUT2D eigenvalue weighted by molar-refractivity contribution is 7.93. The van der Waals surface area contributed by atoms with Gasteiger partial charge >= 0.3 is 5.97 Å². The molecule has 4 aromatic carbocycles. The smallest absolute Gasteiger partial charge is 0.338 e. The highest BCUT2D eigenvalue weighted by Gasteiger charge is 2.43. The SMILES string of the molecule is CCCC1(CCc2cccc(NS(=O)(=O)c3ccc(F)cc3)c2)CC(O)=C(C(CC)c2cccc(NS(=O)(=O)c3ccc(F)cc3)c2)C(=O)O1. The number of hydrogen-bond acceptors (Lipinski definition) is 7. The lowest BCUT2D eigenvalue weighted by Crippen LogP contribution is -2.41. The van der Waals surface area contributed by atoms with Crippen LogP contribution < -0.4 is 9.44 Å². The fourth-order valence-electron chi connectivity index (χ4n) is 6.25. The van der Waals surface area contributed by atoms with Gasteiger partial charge in [0.1, 0.15) is 23.0 Å². The topological polar surface area (TPSA) is 139 Å². The average Bonchev–Trinajstić information content (AvgIpc) is 3.06. The van der Waals surface area contributed by atoms with Crippen LogP contribution in [0.5, 0.6) is 0 Å². The molecule has 0 aromatic heterocycles. The van der Waals surface area contributed by atoms with Crippen LogP contribution in [-0.4, -0.2) is 33.5 Å². The molecule has 1 aliphatic heterocycles. The number of halogens is 2. The quantitative estimate of drug-likeness (QED) is 0.112. The van der Waals surface area contributed by atoms with Gasteiger partial charge in [-0.25, -0.2) is 30.4 Å². The van der Waals surface area contributed by atoms with Crippen molar-refractivity contribution in [1.82, 2.24) is 0 Å². The molecule has 0 amide bonds. The molecule has 264 valence electrons. The van der Waals surface area contributed by atoms with E-state index >= 15 is 0 Å². The first-order chi connectivity index (χ1) is 23.7. The summed E-state index contributed by atoms with van der Waals surface area (Å²) in [7, 11) is -7.97. The summed E-state index contributed by atoms with van der Waals surface area (Å²) in [6, 6.07) is 22.3. The van der Waals surface area contributed by atoms with E-state index < -0.39 is 49.2 Å². The van der Waals surface area contributed by atoms with Crippen LogP contribution in [0.1, 0.15) is 63.0 Å². The first-order valence-electron chi connectivity index (χ1n) is 16.2. The van der Waals surface area contributed by atoms with Gasteiger partial charge in [-0.05, 0) is 110 Å². The molecule has 1 heterocycles. The minimum Gasteiger partial charge on any atom is -0.512 e. The molecule has 0 bridgehead atoms. The Morgan fingerprint density at radius 1 is 0.780 bits per heavy atom. The summed E-state index contributed by atoms with van der Waals surface area (Å²) >= 11 is 0. The molecule has 0 spiro atoms. The lowest BCUT2D eigenvalue weighted by atomic mass is 9.80. The van der Waals surface area contributed by atoms with Gasteiger partial charge in [-0.1, -0.05) is 44.5 Å². The van der Waals surface area contributed by atoms with Crippen LogP contribution in [0.4, 0.5) is 20.2 Å². The Bertz CT molecular complexity index is 2100. The second-order valence-electron chi connectivity index (χ2n) is 12.3. The van der Waals surface area contributed by atoms with Crippen molar-refractivity contribution < 1.29 is 40.3 Å². The van der Waals surface area contributed by atoms with E-state index in [1.165, 1.54) is 12.1 Å². The van der Waals surface area contributed by atoms with Crippen LogP contribution in [0, 0.1) is 11.6 Å². The zero-order valence-electron chi connectivity index (χ0n) is 27.5. The summed E-state index contributed by atoms with van der Waals surface area (Å²) in [5, 5.41) is 11.4. The number of anilines is 2. The number of aliphatic hydroxyl groups is 1. The number of hydrogen-bond donors (Lipinski definition) is 3. The van der Waals surface area contributed by atoms with E-state index in [0.717, 1.165) is 42.0 Å². The third kappa shape index (κ3) is 8.51. The van der Waals surface area contributed by atoms with Crippen LogP contribution in [0.15, 0.2) is 118 Å². The van der Waals surface area contributed by atoms with E-state index in [4.69, 9.17) is 4.74 Å². The van der Waals surface area contributed by atoms with Gasteiger partial charge in [0.05, 0.1) is 15.4 Å². The Labute approximate surface area is 291 Å². The monoisotopic (exact) mass is 724 g/mol. The molecule has 5 rings (SSSR count). The summed E-state index contributed by atoms with van der Waals surface area (Å²) in [6.45, 7) is 3.79. The summed E-state index contributed by atoms with van der Waals surface area (Å²) < 4.78 is 89.3. The fourth-order valence-corrected chi connectivity index (χ4v) is 8.35. The average molecular weight is 725 g/mol. The van der Waals surface area contributed by atoms with Crippen LogP contribution in [0.25, 0.3) is 0 Å². The molecule has 9 nitrogen and oxygen atoms in total. The number of aryl methyl sites for hydroxylation is 1. The van der Waals surface area contributed by atoms with Gasteiger partial charge in [0, 0.05) is 23.7 Å². The molecule has 1 aliphatic rings. The number of nitrogens with one attached hydrogen (secondary N) is 2. The van der Waals surface area contributed by atoms with Crippen LogP contribution in [0.2, 0.25) is 0 Å². The molecule has 2 atom stereocenters. The van der Waals surface area contributed by atoms with Crippen molar-refractivity contribution in [1.29, 1.82) is 0 Å². The highest BCUT2D eigenvalue weighted by atomic mass is 32.2. The third-order valence-electron chi connectivity index (χ3n) is 8.63. The molecule has 4 aromatic rings. The molecule has 0 saturated carbocycles. The van der Waals surface area contributed by atoms with E-state index in [9.17, 15) is 35.5 Å². The Hall–Kier alpha value is -4.75. The van der Waals surface area contributed by atoms with Crippen molar-refractivity contribution in [2.75, 3.05) is 9.44 Å². The Balaban J connectivity index is 1.33. The van der Waals surface area contributed by atoms with Crippen molar-refractivity contribution in [2.24, 2.45) is 0 Å². The molecular weight excluding hydrogens is 687 g/mol. The number of cyclic esters (lactones) is 1. The first-order valence-corrected chi connectivity index (χ1v) is 19.1. The van der Waals surface area contributed by atoms with E-state index in [1.807, 2.05) is 19.9 Å². The standard InChI is InChI=1S/C37H38F2N2O7S2/c1-3-20-37(21-19-25-7-5-9-29(22-25)40-49(44,45)31-15-11-27(38)12-16-31)24-34(42)35(36(43)48-37)33(4-2)26-8-6-10-30(23-26)41-50(46,47)32-17-13-28(39)14-18-32/h5-18,22-23,33,40-42H,3-4,19-21,24H2,1-2H3. The highest BCUT2D eigenvalue weighted by Crippen LogP contribution is 2.42. The number of sulfonamides is 2. The molecule has 50 heavy (non-hydrogen) atoms. The van der Waals surface area contributed by atoms with Gasteiger partial charge in [0.2, 0.25) is 0 Å². The Morgan fingerprint density at radius 2 is 1.32 bits per heavy atom. The van der Waals surface area contributed by atoms with Gasteiger partial charge in [0.25, 0.3) is 20.0 Å². The van der Waals surface area contributed by atoms with Gasteiger partial charge in [-0.2, -0.15) is 0 Å². The maximum absolute atomic E-state index is 13.7. The molecule has 13 heteroatoms. The van der Waals surface area contributed by atoms with Crippen molar-refractivity contribution in [3.8, 4) is 0 Å². The maximum atomic E-state index is 13.7. The number of aliphatic hydroxyl groups excluding tert-OH is 1. The van der Waals surface area contributed by atoms with Crippen LogP contribution >= 0.6 is 0 Å². The van der Waals surface area contributed by atoms with Crippen LogP contribution in [-0.2, 0) is 36.0 Å². The van der Waals surface area contributed by atoms with E-state index in [1.54, 1.807) is 42.5 Å². The Morgan fingerprint density at radius 3 is 1.84 bits per heavy atom. The number of rotatable bonds is 14. The fraction of sp³-hybridized carbons (Fsp3) is 0.270. The van der Waals surface area contributed by atoms with E-state index in [-0.39, 0.29) is 33.2 Å². The summed E-state index contributed by atoms with van der Waals surface area (Å²) in [6.07, 6.45) is 2.40. The summed E-state index contributed by atoms with van der Waals surface area (Å²) in [5.41, 5.74) is 1.01. The molecule has 0 radical (unpaired) electrons. The summed E-state index contributed by atoms with van der Waals surface area (Å²) in [4.78, 5) is 13.5. The van der Waals surface area contributed by atoms with Crippen LogP contribution in [0.3, 0.4) is 0 Å². The van der Waals surface area contributed by atoms with Gasteiger partial charge in [-0.3, -0.25) is 9.44 Å². The normalized spacial score (nSPS) is 17.2. The molecule has 3 N–H and O–H groups in total. The number of esters is 1. The first kappa shape index (κ1) is 36.5. The molecule has 0 aliphatic carbocycles. The predicted octanol–water partition coefficient (Wildman–Crippen LogP) is 7.99. The minimum atomic E-state index is -4.02. The summed E-state index contributed by atoms with van der Waals surface area (Å²) in [5.74, 6) is -2.46. The third-order valence-corrected chi connectivity index (χ3v) is 11.4. The molecule has 2 unspecified atom stereocenters. The maximum Gasteiger partial charge on any atom is 0.338 e. The predicted molar refractivity (Wildman–Crippen MR) is 187 cm³/mol. The van der Waals surface area contributed by atoms with Crippen molar-refractivity contribution >= 4 is 37.4 Å². The van der Waals surface area contributed by atoms with Gasteiger partial charge in [0.15, 0.2) is 0 Å². The second-order valence-corrected chi connectivity index (χ2v) is 15.6. The van der Waals surface area contributed by atoms with Crippen molar-refractivity contribution in [2.45, 2.75) is 73.7 Å². The van der Waals surface area contributed by atoms with Crippen molar-refractivity contribution in [3.05, 3.63) is 131 Å². The second kappa shape index (κ2) is 15.0. The zero-order valence-corrected chi connectivity index (χ0v) is 29.2. The molecule has 0 saturated heterocycles. The number of carbonyl (C=O) groups is 1. The van der Waals surface area contributed by atoms with Gasteiger partial charge in [-0.15, -0.1) is 0 Å². The van der Waals surface area contributed by atoms with E-state index in [2.05, 4.69) is 9.44 Å². The lowest BCUT2D eigenvalue weighted by molar-refractivity contribution is -0.161. The Kier molecular flexibility index (Phi) is 11.0. The van der Waals surface area contributed by atoms with Crippen molar-refractivity contribution in [3.63, 3.8) is 0 Å². The number of carbonyl (C=O) groups excluding carboxylic acids is 1. The van der Waals surface area contributed by atoms with E-state index in [0.29, 0.717) is 43.4 Å². The molecular formula is C37H38F2N2O7S2. The largest absolute Gasteiger partial charge is 0.512 e. The lowest BCUT2D eigenvalue weighted by Gasteiger charge is -2.38. The molecule has 0 fully saturated rings. The zero-order chi connectivity index (χ0) is 36.1.